The maximum atomic E-state index is 12.3. The van der Waals surface area contributed by atoms with Crippen molar-refractivity contribution >= 4 is 5.78 Å². The minimum atomic E-state index is -0.424. The van der Waals surface area contributed by atoms with Gasteiger partial charge in [0.05, 0.1) is 18.3 Å². The van der Waals surface area contributed by atoms with Gasteiger partial charge in [0, 0.05) is 24.8 Å². The Morgan fingerprint density at radius 2 is 1.64 bits per heavy atom. The fraction of sp³-hybridized carbons (Fsp3) is 0.316. The minimum absolute atomic E-state index is 0.0616. The largest absolute Gasteiger partial charge is 0.393 e. The molecule has 0 aromatic heterocycles. The molecule has 1 fully saturated rings. The van der Waals surface area contributed by atoms with Gasteiger partial charge in [-0.3, -0.25) is 4.79 Å². The van der Waals surface area contributed by atoms with Crippen LogP contribution in [0.15, 0.2) is 60.7 Å². The van der Waals surface area contributed by atoms with Crippen LogP contribution in [0, 0.1) is 0 Å². The topological polar surface area (TPSA) is 46.5 Å². The lowest BCUT2D eigenvalue weighted by atomic mass is 9.93. The highest BCUT2D eigenvalue weighted by Crippen LogP contribution is 2.32. The molecule has 0 radical (unpaired) electrons. The van der Waals surface area contributed by atoms with Crippen LogP contribution in [0.1, 0.15) is 41.3 Å². The van der Waals surface area contributed by atoms with E-state index in [1.165, 1.54) is 0 Å². The van der Waals surface area contributed by atoms with Crippen LogP contribution in [0.5, 0.6) is 0 Å². The number of carbonyl (C=O) groups excluding carboxylic acids is 1. The maximum Gasteiger partial charge on any atom is 0.165 e. The Hall–Kier alpha value is -1.97. The third-order valence-corrected chi connectivity index (χ3v) is 4.06. The molecule has 3 atom stereocenters. The normalized spacial score (nSPS) is 24.9. The molecule has 0 spiro atoms. The van der Waals surface area contributed by atoms with Gasteiger partial charge >= 0.3 is 0 Å². The molecular weight excluding hydrogens is 276 g/mol. The fourth-order valence-electron chi connectivity index (χ4n) is 2.95. The number of Topliss-reactive ketones (excluding diaryl/α,β-unsaturated/α-hetero) is 1. The van der Waals surface area contributed by atoms with Gasteiger partial charge in [-0.1, -0.05) is 60.7 Å². The van der Waals surface area contributed by atoms with E-state index in [2.05, 4.69) is 0 Å². The van der Waals surface area contributed by atoms with Gasteiger partial charge in [0.2, 0.25) is 0 Å². The first-order valence-corrected chi connectivity index (χ1v) is 7.69. The zero-order valence-corrected chi connectivity index (χ0v) is 12.4. The Morgan fingerprint density at radius 3 is 2.32 bits per heavy atom. The van der Waals surface area contributed by atoms with Crippen molar-refractivity contribution < 1.29 is 14.6 Å². The number of carbonyl (C=O) groups is 1. The summed E-state index contributed by atoms with van der Waals surface area (Å²) in [6.07, 6.45) is 0.611. The van der Waals surface area contributed by atoms with Crippen molar-refractivity contribution in [2.45, 2.75) is 37.6 Å². The molecule has 3 nitrogen and oxygen atoms in total. The molecule has 0 unspecified atom stereocenters. The van der Waals surface area contributed by atoms with Gasteiger partial charge in [-0.25, -0.2) is 0 Å². The molecule has 3 heteroatoms. The predicted molar refractivity (Wildman–Crippen MR) is 84.7 cm³/mol. The number of aliphatic hydroxyl groups is 1. The van der Waals surface area contributed by atoms with E-state index in [-0.39, 0.29) is 18.0 Å². The summed E-state index contributed by atoms with van der Waals surface area (Å²) < 4.78 is 6.05. The average Bonchev–Trinajstić information content (AvgIpc) is 2.56. The van der Waals surface area contributed by atoms with Crippen molar-refractivity contribution in [3.63, 3.8) is 0 Å². The SMILES string of the molecule is O=C(C[C@H]1C[C@@H](O)C[C@@H](c2ccccc2)O1)c1ccccc1. The van der Waals surface area contributed by atoms with Crippen molar-refractivity contribution in [2.75, 3.05) is 0 Å². The van der Waals surface area contributed by atoms with E-state index in [1.54, 1.807) is 0 Å². The quantitative estimate of drug-likeness (QED) is 0.878. The van der Waals surface area contributed by atoms with Crippen LogP contribution in [0.2, 0.25) is 0 Å². The van der Waals surface area contributed by atoms with Gasteiger partial charge in [-0.05, 0) is 5.56 Å². The van der Waals surface area contributed by atoms with Crippen molar-refractivity contribution in [3.8, 4) is 0 Å². The molecule has 0 amide bonds. The molecule has 1 aliphatic rings. The van der Waals surface area contributed by atoms with Crippen LogP contribution in [0.4, 0.5) is 0 Å². The van der Waals surface area contributed by atoms with E-state index in [9.17, 15) is 9.90 Å². The van der Waals surface area contributed by atoms with E-state index >= 15 is 0 Å². The average molecular weight is 296 g/mol. The highest BCUT2D eigenvalue weighted by molar-refractivity contribution is 5.96. The molecule has 1 heterocycles. The first-order chi connectivity index (χ1) is 10.7. The van der Waals surface area contributed by atoms with Crippen LogP contribution in [-0.4, -0.2) is 23.1 Å². The molecule has 114 valence electrons. The van der Waals surface area contributed by atoms with Gasteiger partial charge in [-0.15, -0.1) is 0 Å². The Labute approximate surface area is 130 Å². The molecule has 1 N–H and O–H groups in total. The Kier molecular flexibility index (Phi) is 4.66. The number of hydrogen-bond donors (Lipinski definition) is 1. The molecular formula is C19H20O3. The van der Waals surface area contributed by atoms with Gasteiger partial charge in [0.1, 0.15) is 0 Å². The number of ketones is 1. The monoisotopic (exact) mass is 296 g/mol. The fourth-order valence-corrected chi connectivity index (χ4v) is 2.95. The molecule has 1 aliphatic heterocycles. The highest BCUT2D eigenvalue weighted by Gasteiger charge is 2.30. The Balaban J connectivity index is 1.68. The molecule has 0 saturated carbocycles. The minimum Gasteiger partial charge on any atom is -0.393 e. The second-order valence-electron chi connectivity index (χ2n) is 5.78. The predicted octanol–water partition coefficient (Wildman–Crippen LogP) is 3.54. The first kappa shape index (κ1) is 14.9. The molecule has 0 aliphatic carbocycles. The van der Waals surface area contributed by atoms with E-state index in [4.69, 9.17) is 4.74 Å². The second kappa shape index (κ2) is 6.86. The Morgan fingerprint density at radius 1 is 1.00 bits per heavy atom. The summed E-state index contributed by atoms with van der Waals surface area (Å²) in [6, 6.07) is 19.1. The number of benzene rings is 2. The number of rotatable bonds is 4. The van der Waals surface area contributed by atoms with E-state index in [1.807, 2.05) is 60.7 Å². The molecule has 1 saturated heterocycles. The highest BCUT2D eigenvalue weighted by atomic mass is 16.5. The molecule has 2 aromatic rings. The van der Waals surface area contributed by atoms with Crippen LogP contribution >= 0.6 is 0 Å². The first-order valence-electron chi connectivity index (χ1n) is 7.69. The standard InChI is InChI=1S/C19H20O3/c20-16-11-17(13-18(21)14-7-3-1-4-8-14)22-19(12-16)15-9-5-2-6-10-15/h1-10,16-17,19-20H,11-13H2/t16-,17-,19+/m1/s1. The number of hydrogen-bond acceptors (Lipinski definition) is 3. The van der Waals surface area contributed by atoms with Gasteiger partial charge < -0.3 is 9.84 Å². The van der Waals surface area contributed by atoms with Gasteiger partial charge in [0.25, 0.3) is 0 Å². The van der Waals surface area contributed by atoms with E-state index < -0.39 is 6.10 Å². The van der Waals surface area contributed by atoms with Crippen LogP contribution in [-0.2, 0) is 4.74 Å². The summed E-state index contributed by atoms with van der Waals surface area (Å²) in [5, 5.41) is 10.1. The second-order valence-corrected chi connectivity index (χ2v) is 5.78. The van der Waals surface area contributed by atoms with Crippen LogP contribution < -0.4 is 0 Å². The van der Waals surface area contributed by atoms with Crippen molar-refractivity contribution in [1.82, 2.24) is 0 Å². The smallest absolute Gasteiger partial charge is 0.165 e. The summed E-state index contributed by atoms with van der Waals surface area (Å²) in [5.74, 6) is 0.0616. The lowest BCUT2D eigenvalue weighted by Gasteiger charge is -2.33. The van der Waals surface area contributed by atoms with E-state index in [0.29, 0.717) is 24.8 Å². The van der Waals surface area contributed by atoms with Crippen molar-refractivity contribution in [1.29, 1.82) is 0 Å². The van der Waals surface area contributed by atoms with Gasteiger partial charge in [0.15, 0.2) is 5.78 Å². The zero-order chi connectivity index (χ0) is 15.4. The van der Waals surface area contributed by atoms with E-state index in [0.717, 1.165) is 5.56 Å². The molecule has 0 bridgehead atoms. The molecule has 22 heavy (non-hydrogen) atoms. The molecule has 3 rings (SSSR count). The third-order valence-electron chi connectivity index (χ3n) is 4.06. The number of ether oxygens (including phenoxy) is 1. The molecule has 2 aromatic carbocycles. The summed E-state index contributed by atoms with van der Waals surface area (Å²) in [4.78, 5) is 12.3. The van der Waals surface area contributed by atoms with Crippen LogP contribution in [0.3, 0.4) is 0 Å². The van der Waals surface area contributed by atoms with Crippen LogP contribution in [0.25, 0.3) is 0 Å². The van der Waals surface area contributed by atoms with Gasteiger partial charge in [-0.2, -0.15) is 0 Å². The lowest BCUT2D eigenvalue weighted by molar-refractivity contribution is -0.0962. The maximum absolute atomic E-state index is 12.3. The van der Waals surface area contributed by atoms with Crippen molar-refractivity contribution in [2.24, 2.45) is 0 Å². The summed E-state index contributed by atoms with van der Waals surface area (Å²) in [6.45, 7) is 0. The summed E-state index contributed by atoms with van der Waals surface area (Å²) >= 11 is 0. The third kappa shape index (κ3) is 3.62. The summed E-state index contributed by atoms with van der Waals surface area (Å²) in [5.41, 5.74) is 1.75. The zero-order valence-electron chi connectivity index (χ0n) is 12.4. The van der Waals surface area contributed by atoms with Crippen molar-refractivity contribution in [3.05, 3.63) is 71.8 Å². The Bertz CT molecular complexity index is 609. The lowest BCUT2D eigenvalue weighted by Crippen LogP contribution is -2.32. The summed E-state index contributed by atoms with van der Waals surface area (Å²) in [7, 11) is 0. The number of aliphatic hydroxyl groups excluding tert-OH is 1.